The molecule has 0 atom stereocenters. The van der Waals surface area contributed by atoms with Crippen LogP contribution in [0.4, 0.5) is 8.78 Å². The van der Waals surface area contributed by atoms with Crippen LogP contribution >= 0.6 is 24.0 Å². The summed E-state index contributed by atoms with van der Waals surface area (Å²) in [4.78, 5) is 4.36. The van der Waals surface area contributed by atoms with Crippen LogP contribution in [0.2, 0.25) is 0 Å². The third-order valence-corrected chi connectivity index (χ3v) is 3.04. The van der Waals surface area contributed by atoms with Crippen LogP contribution in [0.15, 0.2) is 46.0 Å². The van der Waals surface area contributed by atoms with Crippen molar-refractivity contribution in [2.75, 3.05) is 13.1 Å². The molecule has 0 fully saturated rings. The first-order valence-corrected chi connectivity index (χ1v) is 7.18. The van der Waals surface area contributed by atoms with E-state index >= 15 is 0 Å². The van der Waals surface area contributed by atoms with Crippen LogP contribution in [0.25, 0.3) is 0 Å². The molecule has 126 valence electrons. The van der Waals surface area contributed by atoms with E-state index < -0.39 is 11.6 Å². The maximum Gasteiger partial charge on any atom is 0.191 e. The second-order valence-electron chi connectivity index (χ2n) is 4.66. The van der Waals surface area contributed by atoms with E-state index in [1.165, 1.54) is 6.07 Å². The van der Waals surface area contributed by atoms with Crippen LogP contribution in [0.1, 0.15) is 18.2 Å². The Kier molecular flexibility index (Phi) is 8.60. The van der Waals surface area contributed by atoms with Gasteiger partial charge in [-0.2, -0.15) is 0 Å². The van der Waals surface area contributed by atoms with E-state index in [4.69, 9.17) is 4.42 Å². The number of benzene rings is 1. The molecule has 2 N–H and O–H groups in total. The zero-order valence-electron chi connectivity index (χ0n) is 12.8. The molecule has 7 heteroatoms. The van der Waals surface area contributed by atoms with Gasteiger partial charge in [-0.3, -0.25) is 0 Å². The van der Waals surface area contributed by atoms with Crippen LogP contribution in [-0.4, -0.2) is 19.0 Å². The summed E-state index contributed by atoms with van der Waals surface area (Å²) in [5, 5.41) is 6.17. The summed E-state index contributed by atoms with van der Waals surface area (Å²) in [6, 6.07) is 7.84. The monoisotopic (exact) mass is 435 g/mol. The first-order chi connectivity index (χ1) is 10.7. The lowest BCUT2D eigenvalue weighted by atomic mass is 10.1. The Morgan fingerprint density at radius 2 is 2.00 bits per heavy atom. The molecule has 0 saturated heterocycles. The Bertz CT molecular complexity index is 618. The van der Waals surface area contributed by atoms with E-state index in [2.05, 4.69) is 15.6 Å². The zero-order valence-corrected chi connectivity index (χ0v) is 15.1. The van der Waals surface area contributed by atoms with Gasteiger partial charge in [0.25, 0.3) is 0 Å². The predicted octanol–water partition coefficient (Wildman–Crippen LogP) is 3.47. The van der Waals surface area contributed by atoms with Crippen LogP contribution in [0.5, 0.6) is 0 Å². The van der Waals surface area contributed by atoms with Crippen molar-refractivity contribution < 1.29 is 13.2 Å². The Labute approximate surface area is 151 Å². The number of rotatable bonds is 6. The van der Waals surface area contributed by atoms with Gasteiger partial charge in [0, 0.05) is 13.1 Å². The van der Waals surface area contributed by atoms with Gasteiger partial charge in [-0.25, -0.2) is 13.8 Å². The molecular formula is C16H20F2IN3O. The zero-order chi connectivity index (χ0) is 15.8. The summed E-state index contributed by atoms with van der Waals surface area (Å²) in [5.74, 6) is -0.248. The van der Waals surface area contributed by atoms with Gasteiger partial charge in [-0.15, -0.1) is 24.0 Å². The van der Waals surface area contributed by atoms with E-state index in [-0.39, 0.29) is 24.0 Å². The van der Waals surface area contributed by atoms with Crippen molar-refractivity contribution in [2.45, 2.75) is 19.9 Å². The van der Waals surface area contributed by atoms with Crippen molar-refractivity contribution in [1.29, 1.82) is 0 Å². The number of halogens is 3. The second kappa shape index (κ2) is 10.2. The summed E-state index contributed by atoms with van der Waals surface area (Å²) in [6.45, 7) is 3.52. The van der Waals surface area contributed by atoms with Crippen LogP contribution < -0.4 is 10.6 Å². The van der Waals surface area contributed by atoms with Crippen molar-refractivity contribution in [3.8, 4) is 0 Å². The molecule has 0 spiro atoms. The van der Waals surface area contributed by atoms with Gasteiger partial charge in [-0.05, 0) is 37.1 Å². The molecular weight excluding hydrogens is 415 g/mol. The third-order valence-electron chi connectivity index (χ3n) is 3.04. The summed E-state index contributed by atoms with van der Waals surface area (Å²) in [6.07, 6.45) is 1.96. The molecule has 1 heterocycles. The highest BCUT2D eigenvalue weighted by atomic mass is 127. The summed E-state index contributed by atoms with van der Waals surface area (Å²) in [7, 11) is 0. The van der Waals surface area contributed by atoms with Crippen molar-refractivity contribution in [3.05, 3.63) is 59.6 Å². The van der Waals surface area contributed by atoms with Gasteiger partial charge in [0.2, 0.25) is 0 Å². The number of aliphatic imine (C=N–C) groups is 1. The molecule has 23 heavy (non-hydrogen) atoms. The van der Waals surface area contributed by atoms with Crippen molar-refractivity contribution in [1.82, 2.24) is 10.6 Å². The number of guanidine groups is 1. The Hall–Kier alpha value is -1.64. The average Bonchev–Trinajstić information content (AvgIpc) is 3.02. The quantitative estimate of drug-likeness (QED) is 0.415. The van der Waals surface area contributed by atoms with E-state index in [9.17, 15) is 8.78 Å². The van der Waals surface area contributed by atoms with Gasteiger partial charge in [0.15, 0.2) is 17.6 Å². The molecule has 1 aromatic carbocycles. The molecule has 0 aliphatic heterocycles. The number of nitrogens with zero attached hydrogens (tertiary/aromatic N) is 1. The Morgan fingerprint density at radius 3 is 2.70 bits per heavy atom. The molecule has 4 nitrogen and oxygen atoms in total. The minimum atomic E-state index is -0.823. The standard InChI is InChI=1S/C16H19F2N3O.HI/c1-2-19-16(21-11-13-6-4-10-22-13)20-9-8-12-5-3-7-14(17)15(12)18;/h3-7,10H,2,8-9,11H2,1H3,(H2,19,20,21);1H. The molecule has 0 radical (unpaired) electrons. The summed E-state index contributed by atoms with van der Waals surface area (Å²) >= 11 is 0. The van der Waals surface area contributed by atoms with Gasteiger partial charge < -0.3 is 15.1 Å². The largest absolute Gasteiger partial charge is 0.467 e. The van der Waals surface area contributed by atoms with Crippen LogP contribution in [0.3, 0.4) is 0 Å². The first kappa shape index (κ1) is 19.4. The maximum absolute atomic E-state index is 13.5. The molecule has 0 aliphatic rings. The highest BCUT2D eigenvalue weighted by molar-refractivity contribution is 14.0. The normalized spacial score (nSPS) is 11.0. The van der Waals surface area contributed by atoms with Crippen LogP contribution in [-0.2, 0) is 13.0 Å². The van der Waals surface area contributed by atoms with Crippen molar-refractivity contribution in [3.63, 3.8) is 0 Å². The van der Waals surface area contributed by atoms with Gasteiger partial charge in [0.1, 0.15) is 12.3 Å². The van der Waals surface area contributed by atoms with Gasteiger partial charge >= 0.3 is 0 Å². The molecule has 0 saturated carbocycles. The molecule has 0 unspecified atom stereocenters. The number of nitrogens with one attached hydrogen (secondary N) is 2. The average molecular weight is 435 g/mol. The fourth-order valence-corrected chi connectivity index (χ4v) is 1.96. The van der Waals surface area contributed by atoms with E-state index in [0.717, 1.165) is 11.8 Å². The highest BCUT2D eigenvalue weighted by Crippen LogP contribution is 2.11. The smallest absolute Gasteiger partial charge is 0.191 e. The summed E-state index contributed by atoms with van der Waals surface area (Å²) < 4.78 is 31.9. The molecule has 2 aromatic rings. The van der Waals surface area contributed by atoms with Gasteiger partial charge in [0.05, 0.1) is 6.26 Å². The van der Waals surface area contributed by atoms with E-state index in [0.29, 0.717) is 37.6 Å². The lowest BCUT2D eigenvalue weighted by Crippen LogP contribution is -2.38. The number of hydrogen-bond acceptors (Lipinski definition) is 2. The SMILES string of the molecule is CCNC(=NCc1ccco1)NCCc1cccc(F)c1F.I. The lowest BCUT2D eigenvalue weighted by molar-refractivity contribution is 0.498. The van der Waals surface area contributed by atoms with Crippen molar-refractivity contribution in [2.24, 2.45) is 4.99 Å². The van der Waals surface area contributed by atoms with Gasteiger partial charge in [-0.1, -0.05) is 12.1 Å². The lowest BCUT2D eigenvalue weighted by Gasteiger charge is -2.11. The van der Waals surface area contributed by atoms with Crippen molar-refractivity contribution >= 4 is 29.9 Å². The molecule has 1 aromatic heterocycles. The Balaban J connectivity index is 0.00000264. The third kappa shape index (κ3) is 6.17. The van der Waals surface area contributed by atoms with E-state index in [1.807, 2.05) is 13.0 Å². The molecule has 0 aliphatic carbocycles. The summed E-state index contributed by atoms with van der Waals surface area (Å²) in [5.41, 5.74) is 0.342. The molecule has 2 rings (SSSR count). The first-order valence-electron chi connectivity index (χ1n) is 7.18. The van der Waals surface area contributed by atoms with Crippen LogP contribution in [0, 0.1) is 11.6 Å². The number of hydrogen-bond donors (Lipinski definition) is 2. The maximum atomic E-state index is 13.5. The van der Waals surface area contributed by atoms with E-state index in [1.54, 1.807) is 18.4 Å². The highest BCUT2D eigenvalue weighted by Gasteiger charge is 2.07. The minimum absolute atomic E-state index is 0. The fraction of sp³-hybridized carbons (Fsp3) is 0.312. The Morgan fingerprint density at radius 1 is 1.17 bits per heavy atom. The molecule has 0 amide bonds. The predicted molar refractivity (Wildman–Crippen MR) is 97.0 cm³/mol. The fourth-order valence-electron chi connectivity index (χ4n) is 1.96. The number of furan rings is 1. The topological polar surface area (TPSA) is 49.6 Å². The second-order valence-corrected chi connectivity index (χ2v) is 4.66. The minimum Gasteiger partial charge on any atom is -0.467 e. The molecule has 0 bridgehead atoms.